The summed E-state index contributed by atoms with van der Waals surface area (Å²) in [5, 5.41) is 7.92. The zero-order valence-corrected chi connectivity index (χ0v) is 11.0. The Hall–Kier alpha value is -2.04. The van der Waals surface area contributed by atoms with E-state index >= 15 is 0 Å². The second kappa shape index (κ2) is 3.98. The Morgan fingerprint density at radius 3 is 2.63 bits per heavy atom. The van der Waals surface area contributed by atoms with Gasteiger partial charge in [-0.3, -0.25) is 9.59 Å². The highest BCUT2D eigenvalue weighted by atomic mass is 16.2. The van der Waals surface area contributed by atoms with Crippen molar-refractivity contribution in [1.29, 1.82) is 0 Å². The number of hydrogen-bond acceptors (Lipinski definition) is 4. The molecular weight excluding hydrogens is 242 g/mol. The summed E-state index contributed by atoms with van der Waals surface area (Å²) in [6.45, 7) is 4.49. The minimum Gasteiger partial charge on any atom is -0.274 e. The van der Waals surface area contributed by atoms with E-state index in [0.717, 1.165) is 11.1 Å². The third-order valence-corrected chi connectivity index (χ3v) is 3.93. The first-order valence-corrected chi connectivity index (χ1v) is 6.37. The molecule has 2 heterocycles. The Kier molecular flexibility index (Phi) is 2.52. The first kappa shape index (κ1) is 12.0. The van der Waals surface area contributed by atoms with Crippen molar-refractivity contribution in [1.82, 2.24) is 0 Å². The molecule has 2 aliphatic rings. The van der Waals surface area contributed by atoms with Crippen LogP contribution < -0.4 is 4.90 Å². The van der Waals surface area contributed by atoms with Gasteiger partial charge in [0.05, 0.1) is 18.7 Å². The smallest absolute Gasteiger partial charge is 0.264 e. The highest BCUT2D eigenvalue weighted by Gasteiger charge is 2.54. The van der Waals surface area contributed by atoms with E-state index in [4.69, 9.17) is 0 Å². The number of anilines is 1. The molecule has 1 aromatic carbocycles. The molecule has 1 spiro atoms. The first-order chi connectivity index (χ1) is 9.03. The van der Waals surface area contributed by atoms with Gasteiger partial charge in [-0.05, 0) is 37.1 Å². The maximum absolute atomic E-state index is 12.5. The van der Waals surface area contributed by atoms with Crippen LogP contribution in [-0.4, -0.2) is 23.9 Å². The molecule has 5 heteroatoms. The van der Waals surface area contributed by atoms with E-state index in [9.17, 15) is 9.59 Å². The number of aryl methyl sites for hydroxylation is 2. The topological polar surface area (TPSA) is 62.1 Å². The van der Waals surface area contributed by atoms with Crippen LogP contribution in [0.25, 0.3) is 0 Å². The van der Waals surface area contributed by atoms with Gasteiger partial charge in [0.25, 0.3) is 5.91 Å². The lowest BCUT2D eigenvalue weighted by Crippen LogP contribution is -2.38. The van der Waals surface area contributed by atoms with Crippen LogP contribution in [0.15, 0.2) is 28.4 Å². The van der Waals surface area contributed by atoms with Crippen molar-refractivity contribution >= 4 is 17.5 Å². The Morgan fingerprint density at radius 1 is 1.21 bits per heavy atom. The molecular formula is C14H15N3O2. The second-order valence-electron chi connectivity index (χ2n) is 5.23. The lowest BCUT2D eigenvalue weighted by atomic mass is 9.96. The van der Waals surface area contributed by atoms with Gasteiger partial charge in [0.2, 0.25) is 5.91 Å². The average Bonchev–Trinajstić information content (AvgIpc) is 2.91. The van der Waals surface area contributed by atoms with Gasteiger partial charge in [-0.15, -0.1) is 0 Å². The molecule has 0 aliphatic carbocycles. The lowest BCUT2D eigenvalue weighted by Gasteiger charge is -2.18. The minimum atomic E-state index is -0.921. The Labute approximate surface area is 111 Å². The van der Waals surface area contributed by atoms with Crippen LogP contribution in [0.3, 0.4) is 0 Å². The van der Waals surface area contributed by atoms with E-state index in [1.165, 1.54) is 4.90 Å². The molecule has 1 atom stereocenters. The van der Waals surface area contributed by atoms with Gasteiger partial charge in [-0.25, -0.2) is 4.90 Å². The number of amides is 2. The molecule has 1 aromatic rings. The number of imide groups is 1. The quantitative estimate of drug-likeness (QED) is 0.724. The van der Waals surface area contributed by atoms with Crippen molar-refractivity contribution in [2.75, 3.05) is 11.4 Å². The normalized spacial score (nSPS) is 25.9. The van der Waals surface area contributed by atoms with Gasteiger partial charge in [0, 0.05) is 6.42 Å². The number of benzene rings is 1. The number of azo groups is 1. The van der Waals surface area contributed by atoms with Gasteiger partial charge in [0.1, 0.15) is 0 Å². The molecule has 1 fully saturated rings. The van der Waals surface area contributed by atoms with Gasteiger partial charge in [-0.2, -0.15) is 10.2 Å². The third-order valence-electron chi connectivity index (χ3n) is 3.93. The molecule has 1 saturated heterocycles. The largest absolute Gasteiger partial charge is 0.274 e. The standard InChI is InChI=1S/C14H15N3O2/c1-9-3-4-11(7-10(9)2)17-12(18)8-14(13(17)19)5-6-15-16-14/h3-4,7H,5-6,8H2,1-2H3. The maximum Gasteiger partial charge on any atom is 0.264 e. The van der Waals surface area contributed by atoms with Gasteiger partial charge in [0.15, 0.2) is 5.54 Å². The van der Waals surface area contributed by atoms with E-state index in [1.54, 1.807) is 0 Å². The molecule has 0 radical (unpaired) electrons. The van der Waals surface area contributed by atoms with Crippen molar-refractivity contribution in [3.8, 4) is 0 Å². The summed E-state index contributed by atoms with van der Waals surface area (Å²) in [6.07, 6.45) is 0.682. The summed E-state index contributed by atoms with van der Waals surface area (Å²) in [4.78, 5) is 25.9. The fourth-order valence-corrected chi connectivity index (χ4v) is 2.60. The Morgan fingerprint density at radius 2 is 2.00 bits per heavy atom. The molecule has 0 N–H and O–H groups in total. The van der Waals surface area contributed by atoms with Crippen molar-refractivity contribution in [2.45, 2.75) is 32.2 Å². The molecule has 1 unspecified atom stereocenters. The van der Waals surface area contributed by atoms with E-state index in [1.807, 2.05) is 32.0 Å². The van der Waals surface area contributed by atoms with Crippen LogP contribution in [0.4, 0.5) is 5.69 Å². The highest BCUT2D eigenvalue weighted by Crippen LogP contribution is 2.37. The van der Waals surface area contributed by atoms with E-state index in [2.05, 4.69) is 10.2 Å². The molecule has 5 nitrogen and oxygen atoms in total. The highest BCUT2D eigenvalue weighted by molar-refractivity contribution is 6.24. The molecule has 98 valence electrons. The predicted molar refractivity (Wildman–Crippen MR) is 70.1 cm³/mol. The van der Waals surface area contributed by atoms with Gasteiger partial charge >= 0.3 is 0 Å². The Bertz CT molecular complexity index is 609. The third kappa shape index (κ3) is 1.69. The summed E-state index contributed by atoms with van der Waals surface area (Å²) in [6, 6.07) is 5.60. The Balaban J connectivity index is 2.01. The lowest BCUT2D eigenvalue weighted by molar-refractivity contribution is -0.122. The van der Waals surface area contributed by atoms with Crippen LogP contribution >= 0.6 is 0 Å². The van der Waals surface area contributed by atoms with Crippen LogP contribution in [0.2, 0.25) is 0 Å². The van der Waals surface area contributed by atoms with Crippen LogP contribution in [0.1, 0.15) is 24.0 Å². The number of hydrogen-bond donors (Lipinski definition) is 0. The van der Waals surface area contributed by atoms with E-state index in [0.29, 0.717) is 18.7 Å². The fraction of sp³-hybridized carbons (Fsp3) is 0.429. The number of carbonyl (C=O) groups excluding carboxylic acids is 2. The molecule has 0 bridgehead atoms. The minimum absolute atomic E-state index is 0.141. The molecule has 2 aliphatic heterocycles. The van der Waals surface area contributed by atoms with E-state index < -0.39 is 5.54 Å². The number of nitrogens with zero attached hydrogens (tertiary/aromatic N) is 3. The summed E-state index contributed by atoms with van der Waals surface area (Å²) in [5.41, 5.74) is 1.91. The molecule has 0 aromatic heterocycles. The van der Waals surface area contributed by atoms with Gasteiger partial charge in [-0.1, -0.05) is 6.07 Å². The number of carbonyl (C=O) groups is 2. The van der Waals surface area contributed by atoms with Crippen LogP contribution in [-0.2, 0) is 9.59 Å². The van der Waals surface area contributed by atoms with E-state index in [-0.39, 0.29) is 18.2 Å². The number of rotatable bonds is 1. The zero-order valence-electron chi connectivity index (χ0n) is 11.0. The molecule has 3 rings (SSSR count). The average molecular weight is 257 g/mol. The molecule has 19 heavy (non-hydrogen) atoms. The monoisotopic (exact) mass is 257 g/mol. The summed E-state index contributed by atoms with van der Waals surface area (Å²) in [7, 11) is 0. The van der Waals surface area contributed by atoms with Crippen molar-refractivity contribution in [3.05, 3.63) is 29.3 Å². The van der Waals surface area contributed by atoms with Crippen molar-refractivity contribution in [2.24, 2.45) is 10.2 Å². The second-order valence-corrected chi connectivity index (χ2v) is 5.23. The van der Waals surface area contributed by atoms with Crippen LogP contribution in [0, 0.1) is 13.8 Å². The van der Waals surface area contributed by atoms with Crippen molar-refractivity contribution in [3.63, 3.8) is 0 Å². The maximum atomic E-state index is 12.5. The molecule has 0 saturated carbocycles. The predicted octanol–water partition coefficient (Wildman–Crippen LogP) is 2.16. The SMILES string of the molecule is Cc1ccc(N2C(=O)CC3(CCN=N3)C2=O)cc1C. The summed E-state index contributed by atoms with van der Waals surface area (Å²) in [5.74, 6) is -0.420. The summed E-state index contributed by atoms with van der Waals surface area (Å²) >= 11 is 0. The first-order valence-electron chi connectivity index (χ1n) is 6.37. The van der Waals surface area contributed by atoms with Crippen molar-refractivity contribution < 1.29 is 9.59 Å². The van der Waals surface area contributed by atoms with Crippen LogP contribution in [0.5, 0.6) is 0 Å². The van der Waals surface area contributed by atoms with Gasteiger partial charge < -0.3 is 0 Å². The summed E-state index contributed by atoms with van der Waals surface area (Å²) < 4.78 is 0. The molecule has 2 amide bonds. The fourth-order valence-electron chi connectivity index (χ4n) is 2.60. The zero-order chi connectivity index (χ0) is 13.6.